The van der Waals surface area contributed by atoms with Gasteiger partial charge in [-0.25, -0.2) is 4.39 Å². The first-order valence-electron chi connectivity index (χ1n) is 6.39. The number of aliphatic carboxylic acids is 1. The summed E-state index contributed by atoms with van der Waals surface area (Å²) in [4.78, 5) is 24.8. The number of halogens is 2. The highest BCUT2D eigenvalue weighted by Crippen LogP contribution is 2.30. The van der Waals surface area contributed by atoms with Gasteiger partial charge in [-0.3, -0.25) is 9.59 Å². The number of hydrogen-bond donors (Lipinski definition) is 1. The van der Waals surface area contributed by atoms with Gasteiger partial charge in [-0.05, 0) is 31.0 Å². The van der Waals surface area contributed by atoms with Crippen LogP contribution in [0, 0.1) is 11.7 Å². The second-order valence-electron chi connectivity index (χ2n) is 5.05. The summed E-state index contributed by atoms with van der Waals surface area (Å²) in [5.74, 6) is -2.67. The minimum atomic E-state index is -0.960. The Bertz CT molecular complexity index is 545. The van der Waals surface area contributed by atoms with Crippen molar-refractivity contribution >= 4 is 27.8 Å². The quantitative estimate of drug-likeness (QED) is 0.894. The molecule has 1 saturated carbocycles. The van der Waals surface area contributed by atoms with Crippen molar-refractivity contribution < 1.29 is 19.1 Å². The van der Waals surface area contributed by atoms with Crippen LogP contribution >= 0.6 is 15.9 Å². The van der Waals surface area contributed by atoms with Crippen LogP contribution < -0.4 is 0 Å². The Labute approximate surface area is 124 Å². The molecule has 20 heavy (non-hydrogen) atoms. The fourth-order valence-electron chi connectivity index (χ4n) is 1.97. The monoisotopic (exact) mass is 343 g/mol. The molecule has 0 spiro atoms. The van der Waals surface area contributed by atoms with Crippen molar-refractivity contribution in [2.45, 2.75) is 25.8 Å². The molecule has 1 aliphatic carbocycles. The molecule has 1 atom stereocenters. The Morgan fingerprint density at radius 2 is 2.15 bits per heavy atom. The van der Waals surface area contributed by atoms with Gasteiger partial charge in [0.05, 0.1) is 11.5 Å². The van der Waals surface area contributed by atoms with Crippen molar-refractivity contribution in [1.82, 2.24) is 4.90 Å². The molecule has 1 aromatic rings. The van der Waals surface area contributed by atoms with Gasteiger partial charge in [0.1, 0.15) is 5.82 Å². The number of carbonyl (C=O) groups excluding carboxylic acids is 1. The summed E-state index contributed by atoms with van der Waals surface area (Å²) in [6, 6.07) is 4.21. The van der Waals surface area contributed by atoms with Crippen molar-refractivity contribution in [3.8, 4) is 0 Å². The van der Waals surface area contributed by atoms with E-state index in [2.05, 4.69) is 15.9 Å². The molecule has 2 rings (SSSR count). The summed E-state index contributed by atoms with van der Waals surface area (Å²) < 4.78 is 14.4. The summed E-state index contributed by atoms with van der Waals surface area (Å²) in [6.45, 7) is 1.65. The molecule has 1 amide bonds. The van der Waals surface area contributed by atoms with E-state index in [0.717, 1.165) is 12.8 Å². The molecule has 0 saturated heterocycles. The lowest BCUT2D eigenvalue weighted by Gasteiger charge is -2.24. The topological polar surface area (TPSA) is 57.6 Å². The second-order valence-corrected chi connectivity index (χ2v) is 5.97. The first-order chi connectivity index (χ1) is 9.40. The van der Waals surface area contributed by atoms with Crippen LogP contribution in [-0.2, 0) is 4.79 Å². The van der Waals surface area contributed by atoms with Crippen LogP contribution in [0.4, 0.5) is 4.39 Å². The molecule has 108 valence electrons. The number of carboxylic acids is 1. The number of carboxylic acid groups (broad SMARTS) is 1. The molecule has 0 aromatic heterocycles. The highest BCUT2D eigenvalue weighted by Gasteiger charge is 2.35. The second kappa shape index (κ2) is 5.91. The SMILES string of the molecule is C[C@@H](CN(C(=O)c1cc(Br)ccc1F)C1CC1)C(=O)O. The van der Waals surface area contributed by atoms with Crippen LogP contribution in [0.5, 0.6) is 0 Å². The Balaban J connectivity index is 2.23. The van der Waals surface area contributed by atoms with Gasteiger partial charge in [0.2, 0.25) is 0 Å². The van der Waals surface area contributed by atoms with Crippen LogP contribution in [0.25, 0.3) is 0 Å². The fourth-order valence-corrected chi connectivity index (χ4v) is 2.33. The molecule has 0 aliphatic heterocycles. The third-order valence-electron chi connectivity index (χ3n) is 3.30. The van der Waals surface area contributed by atoms with Crippen molar-refractivity contribution in [3.63, 3.8) is 0 Å². The van der Waals surface area contributed by atoms with Crippen LogP contribution in [-0.4, -0.2) is 34.5 Å². The van der Waals surface area contributed by atoms with E-state index >= 15 is 0 Å². The molecular weight excluding hydrogens is 329 g/mol. The Kier molecular flexibility index (Phi) is 4.42. The third kappa shape index (κ3) is 3.36. The highest BCUT2D eigenvalue weighted by molar-refractivity contribution is 9.10. The number of carbonyl (C=O) groups is 2. The lowest BCUT2D eigenvalue weighted by Crippen LogP contribution is -2.39. The zero-order valence-electron chi connectivity index (χ0n) is 11.0. The summed E-state index contributed by atoms with van der Waals surface area (Å²) in [5.41, 5.74) is -0.0242. The van der Waals surface area contributed by atoms with E-state index in [1.807, 2.05) is 0 Å². The van der Waals surface area contributed by atoms with E-state index in [1.54, 1.807) is 6.92 Å². The molecule has 1 aromatic carbocycles. The molecule has 0 unspecified atom stereocenters. The summed E-state index contributed by atoms with van der Waals surface area (Å²) in [5, 5.41) is 8.96. The smallest absolute Gasteiger partial charge is 0.308 e. The maximum absolute atomic E-state index is 13.8. The number of rotatable bonds is 5. The number of benzene rings is 1. The normalized spacial score (nSPS) is 15.8. The number of amides is 1. The van der Waals surface area contributed by atoms with Gasteiger partial charge in [-0.1, -0.05) is 22.9 Å². The van der Waals surface area contributed by atoms with Crippen LogP contribution in [0.15, 0.2) is 22.7 Å². The first-order valence-corrected chi connectivity index (χ1v) is 7.18. The minimum Gasteiger partial charge on any atom is -0.481 e. The van der Waals surface area contributed by atoms with Gasteiger partial charge in [0.15, 0.2) is 0 Å². The standard InChI is InChI=1S/C14H15BrFNO3/c1-8(14(19)20)7-17(10-3-4-10)13(18)11-6-9(15)2-5-12(11)16/h2,5-6,8,10H,3-4,7H2,1H3,(H,19,20)/t8-/m0/s1. The summed E-state index contributed by atoms with van der Waals surface area (Å²) in [7, 11) is 0. The van der Waals surface area contributed by atoms with Crippen molar-refractivity contribution in [2.75, 3.05) is 6.54 Å². The minimum absolute atomic E-state index is 0.0242. The zero-order valence-corrected chi connectivity index (χ0v) is 12.6. The molecule has 0 radical (unpaired) electrons. The fraction of sp³-hybridized carbons (Fsp3) is 0.429. The van der Waals surface area contributed by atoms with Crippen LogP contribution in [0.2, 0.25) is 0 Å². The average Bonchev–Trinajstić information content (AvgIpc) is 3.22. The van der Waals surface area contributed by atoms with Gasteiger partial charge >= 0.3 is 5.97 Å². The summed E-state index contributed by atoms with van der Waals surface area (Å²) in [6.07, 6.45) is 1.68. The lowest BCUT2D eigenvalue weighted by molar-refractivity contribution is -0.141. The van der Waals surface area contributed by atoms with E-state index in [4.69, 9.17) is 5.11 Å². The van der Waals surface area contributed by atoms with Gasteiger partial charge in [-0.15, -0.1) is 0 Å². The maximum atomic E-state index is 13.8. The van der Waals surface area contributed by atoms with Gasteiger partial charge < -0.3 is 10.0 Å². The molecule has 1 aliphatic rings. The molecule has 4 nitrogen and oxygen atoms in total. The van der Waals surface area contributed by atoms with E-state index in [0.29, 0.717) is 4.47 Å². The summed E-state index contributed by atoms with van der Waals surface area (Å²) >= 11 is 3.21. The first kappa shape index (κ1) is 15.0. The van der Waals surface area contributed by atoms with Gasteiger partial charge in [0.25, 0.3) is 5.91 Å². The van der Waals surface area contributed by atoms with E-state index in [1.165, 1.54) is 23.1 Å². The molecule has 1 fully saturated rings. The molecule has 0 heterocycles. The van der Waals surface area contributed by atoms with Crippen molar-refractivity contribution in [2.24, 2.45) is 5.92 Å². The lowest BCUT2D eigenvalue weighted by atomic mass is 10.1. The molecule has 1 N–H and O–H groups in total. The van der Waals surface area contributed by atoms with Gasteiger partial charge in [0, 0.05) is 17.1 Å². The van der Waals surface area contributed by atoms with E-state index in [9.17, 15) is 14.0 Å². The highest BCUT2D eigenvalue weighted by atomic mass is 79.9. The van der Waals surface area contributed by atoms with E-state index < -0.39 is 23.6 Å². The zero-order chi connectivity index (χ0) is 14.9. The Hall–Kier alpha value is -1.43. The number of hydrogen-bond acceptors (Lipinski definition) is 2. The molecular formula is C14H15BrFNO3. The predicted molar refractivity (Wildman–Crippen MR) is 75.0 cm³/mol. The van der Waals surface area contributed by atoms with Crippen LogP contribution in [0.3, 0.4) is 0 Å². The van der Waals surface area contributed by atoms with E-state index in [-0.39, 0.29) is 18.2 Å². The Morgan fingerprint density at radius 3 is 2.70 bits per heavy atom. The Morgan fingerprint density at radius 1 is 1.50 bits per heavy atom. The average molecular weight is 344 g/mol. The third-order valence-corrected chi connectivity index (χ3v) is 3.79. The maximum Gasteiger partial charge on any atom is 0.308 e. The predicted octanol–water partition coefficient (Wildman–Crippen LogP) is 2.91. The number of nitrogens with zero attached hydrogens (tertiary/aromatic N) is 1. The largest absolute Gasteiger partial charge is 0.481 e. The van der Waals surface area contributed by atoms with Crippen molar-refractivity contribution in [1.29, 1.82) is 0 Å². The van der Waals surface area contributed by atoms with Crippen molar-refractivity contribution in [3.05, 3.63) is 34.1 Å². The van der Waals surface area contributed by atoms with Gasteiger partial charge in [-0.2, -0.15) is 0 Å². The van der Waals surface area contributed by atoms with Crippen LogP contribution in [0.1, 0.15) is 30.1 Å². The molecule has 0 bridgehead atoms. The molecule has 6 heteroatoms.